The molecule has 0 nitrogen and oxygen atoms in total. The third kappa shape index (κ3) is 2.28. The molecule has 2 radical (unpaired) electrons. The fraction of sp³-hybridized carbons (Fsp3) is 0.143. The van der Waals surface area contributed by atoms with Crippen LogP contribution in [0.4, 0.5) is 0 Å². The summed E-state index contributed by atoms with van der Waals surface area (Å²) < 4.78 is 0. The molecule has 0 amide bonds. The molecule has 6 rings (SSSR count). The first-order valence-electron chi connectivity index (χ1n) is 10.3. The van der Waals surface area contributed by atoms with Crippen LogP contribution in [0.25, 0.3) is 33.4 Å². The van der Waals surface area contributed by atoms with Crippen molar-refractivity contribution >= 4 is 13.3 Å². The zero-order valence-electron chi connectivity index (χ0n) is 16.8. The van der Waals surface area contributed by atoms with Crippen molar-refractivity contribution in [3.05, 3.63) is 101 Å². The molecular weight excluding hydrogens is 347 g/mol. The predicted octanol–water partition coefficient (Wildman–Crippen LogP) is 6.02. The van der Waals surface area contributed by atoms with Gasteiger partial charge >= 0.3 is 0 Å². The van der Waals surface area contributed by atoms with Gasteiger partial charge in [-0.05, 0) is 68.1 Å². The summed E-state index contributed by atoms with van der Waals surface area (Å²) in [5, 5.41) is 0. The molecule has 1 heteroatoms. The average Bonchev–Trinajstić information content (AvgIpc) is 3.21. The van der Waals surface area contributed by atoms with Gasteiger partial charge in [-0.2, -0.15) is 0 Å². The minimum absolute atomic E-state index is 0.0236. The van der Waals surface area contributed by atoms with Crippen molar-refractivity contribution in [1.82, 2.24) is 0 Å². The van der Waals surface area contributed by atoms with Crippen LogP contribution in [0.5, 0.6) is 0 Å². The van der Waals surface area contributed by atoms with Crippen LogP contribution in [0.1, 0.15) is 36.1 Å². The number of benzene rings is 4. The number of hydrogen-bond acceptors (Lipinski definition) is 0. The largest absolute Gasteiger partial charge is 0.113 e. The molecule has 4 aromatic carbocycles. The highest BCUT2D eigenvalue weighted by atomic mass is 14.4. The summed E-state index contributed by atoms with van der Waals surface area (Å²) in [6.07, 6.45) is 1.03. The second-order valence-corrected chi connectivity index (χ2v) is 8.86. The monoisotopic (exact) mass is 368 g/mol. The first-order chi connectivity index (χ1) is 14.0. The Kier molecular flexibility index (Phi) is 3.33. The lowest BCUT2D eigenvalue weighted by Crippen LogP contribution is -2.16. The van der Waals surface area contributed by atoms with E-state index in [0.717, 1.165) is 11.9 Å². The van der Waals surface area contributed by atoms with Crippen LogP contribution in [0.15, 0.2) is 78.9 Å². The van der Waals surface area contributed by atoms with E-state index in [0.29, 0.717) is 0 Å². The molecule has 0 aliphatic heterocycles. The fourth-order valence-corrected chi connectivity index (χ4v) is 5.37. The van der Waals surface area contributed by atoms with Gasteiger partial charge in [0.15, 0.2) is 0 Å². The maximum absolute atomic E-state index is 6.10. The minimum atomic E-state index is -0.0236. The molecule has 0 saturated heterocycles. The lowest BCUT2D eigenvalue weighted by Gasteiger charge is -2.22. The second-order valence-electron chi connectivity index (χ2n) is 8.86. The Morgan fingerprint density at radius 2 is 1.45 bits per heavy atom. The van der Waals surface area contributed by atoms with E-state index in [-0.39, 0.29) is 5.41 Å². The SMILES string of the molecule is [B]c1ccc2c(c1)-c1ccc(-c3cccc4c3-c3ccccc3C4)cc1C2(C)C. The van der Waals surface area contributed by atoms with E-state index < -0.39 is 0 Å². The van der Waals surface area contributed by atoms with E-state index in [1.54, 1.807) is 0 Å². The number of fused-ring (bicyclic) bond motifs is 6. The smallest absolute Gasteiger partial charge is 0.0960 e. The molecule has 4 aromatic rings. The summed E-state index contributed by atoms with van der Waals surface area (Å²) in [5.74, 6) is 0. The molecule has 29 heavy (non-hydrogen) atoms. The summed E-state index contributed by atoms with van der Waals surface area (Å²) in [5.41, 5.74) is 14.4. The first kappa shape index (κ1) is 16.9. The highest BCUT2D eigenvalue weighted by Gasteiger charge is 2.35. The zero-order chi connectivity index (χ0) is 19.8. The van der Waals surface area contributed by atoms with Crippen molar-refractivity contribution in [2.45, 2.75) is 25.7 Å². The van der Waals surface area contributed by atoms with Crippen molar-refractivity contribution in [2.24, 2.45) is 0 Å². The Labute approximate surface area is 173 Å². The topological polar surface area (TPSA) is 0 Å². The van der Waals surface area contributed by atoms with Gasteiger partial charge in [0.1, 0.15) is 7.85 Å². The molecule has 136 valence electrons. The molecule has 0 heterocycles. The summed E-state index contributed by atoms with van der Waals surface area (Å²) in [4.78, 5) is 0. The van der Waals surface area contributed by atoms with Crippen LogP contribution < -0.4 is 5.46 Å². The van der Waals surface area contributed by atoms with Crippen LogP contribution in [0.3, 0.4) is 0 Å². The molecule has 0 fully saturated rings. The molecule has 0 N–H and O–H groups in total. The molecule has 2 aliphatic rings. The van der Waals surface area contributed by atoms with E-state index in [1.807, 2.05) is 6.07 Å². The molecule has 0 bridgehead atoms. The van der Waals surface area contributed by atoms with E-state index >= 15 is 0 Å². The number of rotatable bonds is 1. The van der Waals surface area contributed by atoms with Crippen LogP contribution in [-0.4, -0.2) is 7.85 Å². The molecule has 0 atom stereocenters. The first-order valence-corrected chi connectivity index (χ1v) is 10.3. The van der Waals surface area contributed by atoms with Crippen LogP contribution >= 0.6 is 0 Å². The van der Waals surface area contributed by atoms with Gasteiger partial charge in [0, 0.05) is 5.41 Å². The quantitative estimate of drug-likeness (QED) is 0.317. The van der Waals surface area contributed by atoms with Crippen molar-refractivity contribution in [3.63, 3.8) is 0 Å². The van der Waals surface area contributed by atoms with Gasteiger partial charge in [-0.3, -0.25) is 0 Å². The Morgan fingerprint density at radius 1 is 0.655 bits per heavy atom. The van der Waals surface area contributed by atoms with E-state index in [4.69, 9.17) is 7.85 Å². The normalized spacial score (nSPS) is 14.8. The van der Waals surface area contributed by atoms with Crippen LogP contribution in [0, 0.1) is 0 Å². The summed E-state index contributed by atoms with van der Waals surface area (Å²) in [7, 11) is 6.10. The van der Waals surface area contributed by atoms with E-state index in [2.05, 4.69) is 86.6 Å². The van der Waals surface area contributed by atoms with Gasteiger partial charge in [0.05, 0.1) is 0 Å². The summed E-state index contributed by atoms with van der Waals surface area (Å²) >= 11 is 0. The van der Waals surface area contributed by atoms with Gasteiger partial charge in [0.2, 0.25) is 0 Å². The standard InChI is InChI=1S/C28H21B/c1-28(2)25-13-11-20(29)16-24(25)23-12-10-18(15-26(23)28)22-9-5-7-19-14-17-6-3-4-8-21(17)27(19)22/h3-13,15-16H,14H2,1-2H3. The fourth-order valence-electron chi connectivity index (χ4n) is 5.37. The van der Waals surface area contributed by atoms with Gasteiger partial charge < -0.3 is 0 Å². The molecule has 0 aromatic heterocycles. The molecule has 0 unspecified atom stereocenters. The van der Waals surface area contributed by atoms with Gasteiger partial charge in [-0.1, -0.05) is 92.1 Å². The maximum atomic E-state index is 6.10. The Bertz CT molecular complexity index is 1310. The van der Waals surface area contributed by atoms with Crippen molar-refractivity contribution in [1.29, 1.82) is 0 Å². The highest BCUT2D eigenvalue weighted by molar-refractivity contribution is 6.32. The third-order valence-electron chi connectivity index (χ3n) is 6.83. The second kappa shape index (κ2) is 5.73. The van der Waals surface area contributed by atoms with E-state index in [9.17, 15) is 0 Å². The zero-order valence-corrected chi connectivity index (χ0v) is 16.8. The maximum Gasteiger partial charge on any atom is 0.113 e. The van der Waals surface area contributed by atoms with Gasteiger partial charge in [-0.25, -0.2) is 0 Å². The van der Waals surface area contributed by atoms with Crippen molar-refractivity contribution in [3.8, 4) is 33.4 Å². The summed E-state index contributed by atoms with van der Waals surface area (Å²) in [6.45, 7) is 4.64. The van der Waals surface area contributed by atoms with Crippen LogP contribution in [-0.2, 0) is 11.8 Å². The third-order valence-corrected chi connectivity index (χ3v) is 6.83. The van der Waals surface area contributed by atoms with E-state index in [1.165, 1.54) is 55.6 Å². The lowest BCUT2D eigenvalue weighted by atomic mass is 9.80. The molecule has 0 saturated carbocycles. The Hall–Kier alpha value is -3.06. The Morgan fingerprint density at radius 3 is 2.34 bits per heavy atom. The van der Waals surface area contributed by atoms with Crippen molar-refractivity contribution < 1.29 is 0 Å². The number of hydrogen-bond donors (Lipinski definition) is 0. The average molecular weight is 368 g/mol. The van der Waals surface area contributed by atoms with Crippen molar-refractivity contribution in [2.75, 3.05) is 0 Å². The van der Waals surface area contributed by atoms with Gasteiger partial charge in [-0.15, -0.1) is 0 Å². The lowest BCUT2D eigenvalue weighted by molar-refractivity contribution is 0.661. The Balaban J connectivity index is 1.57. The molecular formula is C28H21B. The van der Waals surface area contributed by atoms with Crippen LogP contribution in [0.2, 0.25) is 0 Å². The van der Waals surface area contributed by atoms with Gasteiger partial charge in [0.25, 0.3) is 0 Å². The highest BCUT2D eigenvalue weighted by Crippen LogP contribution is 2.50. The predicted molar refractivity (Wildman–Crippen MR) is 123 cm³/mol. The molecule has 0 spiro atoms. The molecule has 2 aliphatic carbocycles. The summed E-state index contributed by atoms with van der Waals surface area (Å²) in [6, 6.07) is 28.9. The minimum Gasteiger partial charge on any atom is -0.0960 e.